The zero-order valence-electron chi connectivity index (χ0n) is 18.0. The Morgan fingerprint density at radius 2 is 1.77 bits per heavy atom. The molecule has 1 saturated carbocycles. The quantitative estimate of drug-likeness (QED) is 0.586. The number of nitrogens with zero attached hydrogens (tertiary/aromatic N) is 6. The highest BCUT2D eigenvalue weighted by Gasteiger charge is 2.32. The molecule has 0 amide bonds. The summed E-state index contributed by atoms with van der Waals surface area (Å²) in [6.07, 6.45) is 7.04. The van der Waals surface area contributed by atoms with Gasteiger partial charge in [-0.15, -0.1) is 10.2 Å². The zero-order chi connectivity index (χ0) is 21.6. The molecule has 164 valence electrons. The van der Waals surface area contributed by atoms with Crippen molar-refractivity contribution in [2.45, 2.75) is 49.8 Å². The van der Waals surface area contributed by atoms with E-state index in [-0.39, 0.29) is 0 Å². The van der Waals surface area contributed by atoms with E-state index in [1.807, 2.05) is 22.7 Å². The highest BCUT2D eigenvalue weighted by atomic mass is 32.2. The van der Waals surface area contributed by atoms with Crippen LogP contribution in [0, 0.1) is 0 Å². The van der Waals surface area contributed by atoms with E-state index in [1.165, 1.54) is 5.56 Å². The molecule has 1 saturated heterocycles. The minimum atomic E-state index is -3.51. The maximum absolute atomic E-state index is 13.1. The number of hydrogen-bond donors (Lipinski definition) is 0. The zero-order valence-corrected chi connectivity index (χ0v) is 18.8. The van der Waals surface area contributed by atoms with Crippen LogP contribution in [0.25, 0.3) is 5.65 Å². The van der Waals surface area contributed by atoms with Gasteiger partial charge in [0.25, 0.3) is 0 Å². The second-order valence-electron chi connectivity index (χ2n) is 8.55. The SMILES string of the molecule is CCC(C)c1ccc(S(=O)(=O)N2CCN(c3nccn4c(C5CC5)nnc34)CC2)cc1. The topological polar surface area (TPSA) is 83.7 Å². The molecule has 1 atom stereocenters. The highest BCUT2D eigenvalue weighted by Crippen LogP contribution is 2.39. The molecule has 3 aromatic rings. The number of piperazine rings is 1. The van der Waals surface area contributed by atoms with Crippen LogP contribution in [0.1, 0.15) is 56.3 Å². The lowest BCUT2D eigenvalue weighted by molar-refractivity contribution is 0.384. The van der Waals surface area contributed by atoms with Crippen molar-refractivity contribution in [2.75, 3.05) is 31.1 Å². The molecular formula is C22H28N6O2S. The maximum atomic E-state index is 13.1. The molecule has 1 aliphatic carbocycles. The Bertz CT molecular complexity index is 1180. The van der Waals surface area contributed by atoms with E-state index in [4.69, 9.17) is 0 Å². The number of rotatable bonds is 6. The molecule has 9 heteroatoms. The number of aromatic nitrogens is 4. The third-order valence-corrected chi connectivity index (χ3v) is 8.43. The van der Waals surface area contributed by atoms with Crippen LogP contribution in [0.2, 0.25) is 0 Å². The lowest BCUT2D eigenvalue weighted by Gasteiger charge is -2.34. The summed E-state index contributed by atoms with van der Waals surface area (Å²) in [6, 6.07) is 7.34. The molecule has 0 N–H and O–H groups in total. The Kier molecular flexibility index (Phi) is 5.18. The van der Waals surface area contributed by atoms with Gasteiger partial charge in [-0.2, -0.15) is 4.31 Å². The minimum Gasteiger partial charge on any atom is -0.351 e. The first-order valence-corrected chi connectivity index (χ1v) is 12.5. The number of hydrogen-bond acceptors (Lipinski definition) is 6. The van der Waals surface area contributed by atoms with Gasteiger partial charge in [0.2, 0.25) is 15.7 Å². The first-order valence-electron chi connectivity index (χ1n) is 11.0. The molecule has 1 aliphatic heterocycles. The van der Waals surface area contributed by atoms with Crippen LogP contribution in [0.4, 0.5) is 5.82 Å². The summed E-state index contributed by atoms with van der Waals surface area (Å²) in [4.78, 5) is 7.01. The fourth-order valence-corrected chi connectivity index (χ4v) is 5.59. The van der Waals surface area contributed by atoms with Crippen LogP contribution >= 0.6 is 0 Å². The van der Waals surface area contributed by atoms with Crippen molar-refractivity contribution in [1.82, 2.24) is 23.9 Å². The van der Waals surface area contributed by atoms with Crippen molar-refractivity contribution in [3.05, 3.63) is 48.0 Å². The second-order valence-corrected chi connectivity index (χ2v) is 10.5. The van der Waals surface area contributed by atoms with Crippen molar-refractivity contribution in [1.29, 1.82) is 0 Å². The third kappa shape index (κ3) is 3.70. The predicted octanol–water partition coefficient (Wildman–Crippen LogP) is 3.03. The van der Waals surface area contributed by atoms with Gasteiger partial charge in [-0.05, 0) is 42.9 Å². The summed E-state index contributed by atoms with van der Waals surface area (Å²) in [6.45, 7) is 6.27. The summed E-state index contributed by atoms with van der Waals surface area (Å²) in [5.74, 6) is 2.70. The van der Waals surface area contributed by atoms with Crippen molar-refractivity contribution < 1.29 is 8.42 Å². The lowest BCUT2D eigenvalue weighted by Crippen LogP contribution is -2.49. The van der Waals surface area contributed by atoms with E-state index in [2.05, 4.69) is 33.9 Å². The van der Waals surface area contributed by atoms with Crippen LogP contribution in [0.5, 0.6) is 0 Å². The Morgan fingerprint density at radius 1 is 1.06 bits per heavy atom. The molecular weight excluding hydrogens is 412 g/mol. The Labute approximate surface area is 183 Å². The molecule has 2 aliphatic rings. The third-order valence-electron chi connectivity index (χ3n) is 6.51. The summed E-state index contributed by atoms with van der Waals surface area (Å²) in [7, 11) is -3.51. The average Bonchev–Trinajstić information content (AvgIpc) is 3.56. The number of sulfonamides is 1. The predicted molar refractivity (Wildman–Crippen MR) is 119 cm³/mol. The molecule has 2 aromatic heterocycles. The van der Waals surface area contributed by atoms with Crippen molar-refractivity contribution >= 4 is 21.5 Å². The number of benzene rings is 1. The maximum Gasteiger partial charge on any atom is 0.243 e. The van der Waals surface area contributed by atoms with Crippen molar-refractivity contribution in [3.8, 4) is 0 Å². The smallest absolute Gasteiger partial charge is 0.243 e. The van der Waals surface area contributed by atoms with Gasteiger partial charge in [-0.1, -0.05) is 26.0 Å². The van der Waals surface area contributed by atoms with Crippen LogP contribution in [-0.2, 0) is 10.0 Å². The fraction of sp³-hybridized carbons (Fsp3) is 0.500. The molecule has 2 fully saturated rings. The van der Waals surface area contributed by atoms with Gasteiger partial charge >= 0.3 is 0 Å². The van der Waals surface area contributed by atoms with Crippen LogP contribution in [0.3, 0.4) is 0 Å². The van der Waals surface area contributed by atoms with Gasteiger partial charge in [-0.3, -0.25) is 4.40 Å². The minimum absolute atomic E-state index is 0.361. The largest absolute Gasteiger partial charge is 0.351 e. The van der Waals surface area contributed by atoms with Gasteiger partial charge in [-0.25, -0.2) is 13.4 Å². The summed E-state index contributed by atoms with van der Waals surface area (Å²) in [5.41, 5.74) is 1.92. The van der Waals surface area contributed by atoms with E-state index in [1.54, 1.807) is 22.6 Å². The molecule has 1 unspecified atom stereocenters. The van der Waals surface area contributed by atoms with E-state index in [9.17, 15) is 8.42 Å². The second kappa shape index (κ2) is 7.87. The molecule has 31 heavy (non-hydrogen) atoms. The summed E-state index contributed by atoms with van der Waals surface area (Å²) < 4.78 is 29.9. The van der Waals surface area contributed by atoms with Gasteiger partial charge in [0.05, 0.1) is 4.90 Å². The lowest BCUT2D eigenvalue weighted by atomic mass is 9.99. The van der Waals surface area contributed by atoms with Gasteiger partial charge in [0.15, 0.2) is 5.82 Å². The van der Waals surface area contributed by atoms with Gasteiger partial charge in [0.1, 0.15) is 5.82 Å². The van der Waals surface area contributed by atoms with Crippen LogP contribution in [0.15, 0.2) is 41.6 Å². The fourth-order valence-electron chi connectivity index (χ4n) is 4.17. The van der Waals surface area contributed by atoms with E-state index in [0.717, 1.165) is 36.6 Å². The Morgan fingerprint density at radius 3 is 2.42 bits per heavy atom. The van der Waals surface area contributed by atoms with Crippen molar-refractivity contribution in [2.24, 2.45) is 0 Å². The molecule has 0 spiro atoms. The standard InChI is InChI=1S/C22H28N6O2S/c1-3-16(2)17-6-8-19(9-7-17)31(29,30)27-14-12-26(13-15-27)21-22-25-24-20(18-4-5-18)28(22)11-10-23-21/h6-11,16,18H,3-5,12-15H2,1-2H3. The molecule has 5 rings (SSSR count). The van der Waals surface area contributed by atoms with Crippen LogP contribution < -0.4 is 4.90 Å². The van der Waals surface area contributed by atoms with E-state index in [0.29, 0.717) is 42.9 Å². The molecule has 0 radical (unpaired) electrons. The summed E-state index contributed by atoms with van der Waals surface area (Å²) in [5, 5.41) is 8.75. The molecule has 0 bridgehead atoms. The number of fused-ring (bicyclic) bond motifs is 1. The van der Waals surface area contributed by atoms with E-state index >= 15 is 0 Å². The van der Waals surface area contributed by atoms with E-state index < -0.39 is 10.0 Å². The first kappa shape index (κ1) is 20.4. The monoisotopic (exact) mass is 440 g/mol. The molecule has 1 aromatic carbocycles. The normalized spacial score (nSPS) is 19.1. The Hall–Kier alpha value is -2.52. The van der Waals surface area contributed by atoms with Crippen molar-refractivity contribution in [3.63, 3.8) is 0 Å². The average molecular weight is 441 g/mol. The van der Waals surface area contributed by atoms with Crippen LogP contribution in [-0.4, -0.2) is 58.5 Å². The van der Waals surface area contributed by atoms with Gasteiger partial charge < -0.3 is 4.90 Å². The number of anilines is 1. The summed E-state index contributed by atoms with van der Waals surface area (Å²) >= 11 is 0. The Balaban J connectivity index is 1.32. The molecule has 8 nitrogen and oxygen atoms in total. The highest BCUT2D eigenvalue weighted by molar-refractivity contribution is 7.89. The molecule has 3 heterocycles. The van der Waals surface area contributed by atoms with Gasteiger partial charge in [0, 0.05) is 44.5 Å². The first-order chi connectivity index (χ1) is 15.0.